The highest BCUT2D eigenvalue weighted by atomic mass is 16.6. The number of aromatic nitrogens is 2. The third-order valence-electron chi connectivity index (χ3n) is 5.37. The van der Waals surface area contributed by atoms with E-state index in [1.54, 1.807) is 12.1 Å². The van der Waals surface area contributed by atoms with Crippen LogP contribution in [0.2, 0.25) is 0 Å². The van der Waals surface area contributed by atoms with E-state index < -0.39 is 4.92 Å². The van der Waals surface area contributed by atoms with Crippen LogP contribution in [0.1, 0.15) is 32.6 Å². The molecular formula is C21H22N4O2. The summed E-state index contributed by atoms with van der Waals surface area (Å²) in [4.78, 5) is 19.9. The Morgan fingerprint density at radius 2 is 1.78 bits per heavy atom. The fraction of sp³-hybridized carbons (Fsp3) is 0.333. The molecule has 3 aromatic rings. The molecule has 6 heteroatoms. The van der Waals surface area contributed by atoms with Crippen LogP contribution in [0, 0.1) is 16.0 Å². The van der Waals surface area contributed by atoms with E-state index in [-0.39, 0.29) is 5.69 Å². The second kappa shape index (κ2) is 7.31. The van der Waals surface area contributed by atoms with Crippen molar-refractivity contribution in [2.24, 2.45) is 5.92 Å². The number of hydrogen-bond donors (Lipinski definition) is 1. The number of fused-ring (bicyclic) bond motifs is 1. The summed E-state index contributed by atoms with van der Waals surface area (Å²) in [7, 11) is 0. The maximum atomic E-state index is 10.9. The standard InChI is InChI=1S/C21H22N4O2/c1-14-6-2-4-8-18(14)22-21-17-7-3-5-9-19(17)23-20(24-21)15-10-12-16(13-11-15)25(26)27/h3,5,7,9-14,18H,2,4,6,8H2,1H3,(H,22,23,24). The summed E-state index contributed by atoms with van der Waals surface area (Å²) in [6, 6.07) is 14.8. The number of nitro benzene ring substituents is 1. The molecule has 4 rings (SSSR count). The van der Waals surface area contributed by atoms with Crippen LogP contribution < -0.4 is 5.32 Å². The lowest BCUT2D eigenvalue weighted by atomic mass is 9.86. The van der Waals surface area contributed by atoms with Gasteiger partial charge in [0.15, 0.2) is 5.82 Å². The summed E-state index contributed by atoms with van der Waals surface area (Å²) in [6.45, 7) is 2.29. The van der Waals surface area contributed by atoms with Gasteiger partial charge in [-0.15, -0.1) is 0 Å². The third kappa shape index (κ3) is 3.60. The molecule has 27 heavy (non-hydrogen) atoms. The van der Waals surface area contributed by atoms with Gasteiger partial charge in [-0.3, -0.25) is 10.1 Å². The van der Waals surface area contributed by atoms with E-state index in [4.69, 9.17) is 4.98 Å². The zero-order chi connectivity index (χ0) is 18.8. The van der Waals surface area contributed by atoms with Crippen LogP contribution in [-0.2, 0) is 0 Å². The van der Waals surface area contributed by atoms with Gasteiger partial charge in [0.25, 0.3) is 5.69 Å². The van der Waals surface area contributed by atoms with Crippen molar-refractivity contribution in [1.82, 2.24) is 9.97 Å². The Kier molecular flexibility index (Phi) is 4.71. The summed E-state index contributed by atoms with van der Waals surface area (Å²) in [5, 5.41) is 15.5. The van der Waals surface area contributed by atoms with Crippen molar-refractivity contribution in [1.29, 1.82) is 0 Å². The molecule has 1 aromatic heterocycles. The number of nitrogens with zero attached hydrogens (tertiary/aromatic N) is 3. The van der Waals surface area contributed by atoms with Gasteiger partial charge in [0.2, 0.25) is 0 Å². The van der Waals surface area contributed by atoms with Gasteiger partial charge >= 0.3 is 0 Å². The lowest BCUT2D eigenvalue weighted by Crippen LogP contribution is -2.30. The second-order valence-electron chi connectivity index (χ2n) is 7.23. The summed E-state index contributed by atoms with van der Waals surface area (Å²) in [5.41, 5.74) is 1.70. The Morgan fingerprint density at radius 3 is 2.52 bits per heavy atom. The van der Waals surface area contributed by atoms with Crippen molar-refractivity contribution in [2.75, 3.05) is 5.32 Å². The number of hydrogen-bond acceptors (Lipinski definition) is 5. The predicted octanol–water partition coefficient (Wildman–Crippen LogP) is 5.20. The molecule has 1 aliphatic carbocycles. The zero-order valence-electron chi connectivity index (χ0n) is 15.3. The molecule has 6 nitrogen and oxygen atoms in total. The predicted molar refractivity (Wildman–Crippen MR) is 107 cm³/mol. The topological polar surface area (TPSA) is 81.0 Å². The van der Waals surface area contributed by atoms with Gasteiger partial charge in [-0.05, 0) is 43.0 Å². The molecule has 2 unspecified atom stereocenters. The van der Waals surface area contributed by atoms with E-state index in [2.05, 4.69) is 17.2 Å². The van der Waals surface area contributed by atoms with Gasteiger partial charge in [-0.1, -0.05) is 31.9 Å². The van der Waals surface area contributed by atoms with Crippen molar-refractivity contribution >= 4 is 22.4 Å². The average molecular weight is 362 g/mol. The van der Waals surface area contributed by atoms with Crippen molar-refractivity contribution in [3.63, 3.8) is 0 Å². The van der Waals surface area contributed by atoms with Crippen molar-refractivity contribution in [3.05, 3.63) is 58.6 Å². The molecule has 1 saturated carbocycles. The third-order valence-corrected chi connectivity index (χ3v) is 5.37. The molecule has 1 fully saturated rings. The van der Waals surface area contributed by atoms with Crippen molar-refractivity contribution < 1.29 is 4.92 Å². The monoisotopic (exact) mass is 362 g/mol. The second-order valence-corrected chi connectivity index (χ2v) is 7.23. The number of non-ortho nitro benzene ring substituents is 1. The van der Waals surface area contributed by atoms with Gasteiger partial charge in [0.05, 0.1) is 10.4 Å². The Hall–Kier alpha value is -3.02. The van der Waals surface area contributed by atoms with Crippen LogP contribution in [0.4, 0.5) is 11.5 Å². The van der Waals surface area contributed by atoms with Crippen LogP contribution in [0.5, 0.6) is 0 Å². The Bertz CT molecular complexity index is 972. The van der Waals surface area contributed by atoms with Gasteiger partial charge in [-0.25, -0.2) is 9.97 Å². The molecule has 2 aromatic carbocycles. The van der Waals surface area contributed by atoms with Crippen molar-refractivity contribution in [2.45, 2.75) is 38.6 Å². The molecule has 1 N–H and O–H groups in total. The highest BCUT2D eigenvalue weighted by Crippen LogP contribution is 2.30. The smallest absolute Gasteiger partial charge is 0.269 e. The molecule has 1 heterocycles. The van der Waals surface area contributed by atoms with Crippen LogP contribution >= 0.6 is 0 Å². The first kappa shape index (κ1) is 17.4. The van der Waals surface area contributed by atoms with E-state index in [0.717, 1.165) is 28.7 Å². The van der Waals surface area contributed by atoms with E-state index in [9.17, 15) is 10.1 Å². The maximum absolute atomic E-state index is 10.9. The van der Waals surface area contributed by atoms with Gasteiger partial charge in [-0.2, -0.15) is 0 Å². The Balaban J connectivity index is 1.74. The van der Waals surface area contributed by atoms with E-state index >= 15 is 0 Å². The quantitative estimate of drug-likeness (QED) is 0.510. The molecule has 0 aliphatic heterocycles. The molecule has 0 bridgehead atoms. The summed E-state index contributed by atoms with van der Waals surface area (Å²) in [5.74, 6) is 2.03. The molecule has 1 aliphatic rings. The minimum atomic E-state index is -0.400. The molecule has 0 radical (unpaired) electrons. The summed E-state index contributed by atoms with van der Waals surface area (Å²) in [6.07, 6.45) is 4.90. The fourth-order valence-corrected chi connectivity index (χ4v) is 3.75. The lowest BCUT2D eigenvalue weighted by Gasteiger charge is -2.30. The molecule has 0 amide bonds. The molecule has 138 valence electrons. The highest BCUT2D eigenvalue weighted by molar-refractivity contribution is 5.90. The summed E-state index contributed by atoms with van der Waals surface area (Å²) >= 11 is 0. The fourth-order valence-electron chi connectivity index (χ4n) is 3.75. The van der Waals surface area contributed by atoms with Crippen LogP contribution in [-0.4, -0.2) is 20.9 Å². The Labute approximate surface area is 157 Å². The maximum Gasteiger partial charge on any atom is 0.269 e. The SMILES string of the molecule is CC1CCCCC1Nc1nc(-c2ccc([N+](=O)[O-])cc2)nc2ccccc12. The Morgan fingerprint density at radius 1 is 1.04 bits per heavy atom. The first-order chi connectivity index (χ1) is 13.1. The van der Waals surface area contributed by atoms with E-state index in [0.29, 0.717) is 17.8 Å². The van der Waals surface area contributed by atoms with Gasteiger partial charge in [0.1, 0.15) is 5.82 Å². The van der Waals surface area contributed by atoms with Crippen LogP contribution in [0.25, 0.3) is 22.3 Å². The average Bonchev–Trinajstić information content (AvgIpc) is 2.69. The van der Waals surface area contributed by atoms with Crippen LogP contribution in [0.3, 0.4) is 0 Å². The number of benzene rings is 2. The number of para-hydroxylation sites is 1. The van der Waals surface area contributed by atoms with E-state index in [1.165, 1.54) is 31.4 Å². The zero-order valence-corrected chi connectivity index (χ0v) is 15.3. The van der Waals surface area contributed by atoms with Crippen LogP contribution in [0.15, 0.2) is 48.5 Å². The van der Waals surface area contributed by atoms with Gasteiger partial charge < -0.3 is 5.32 Å². The number of nitro groups is 1. The van der Waals surface area contributed by atoms with E-state index in [1.807, 2.05) is 24.3 Å². The minimum Gasteiger partial charge on any atom is -0.366 e. The molecular weight excluding hydrogens is 340 g/mol. The largest absolute Gasteiger partial charge is 0.366 e. The molecule has 0 spiro atoms. The number of rotatable bonds is 4. The highest BCUT2D eigenvalue weighted by Gasteiger charge is 2.22. The molecule has 2 atom stereocenters. The van der Waals surface area contributed by atoms with Gasteiger partial charge in [0, 0.05) is 29.1 Å². The normalized spacial score (nSPS) is 19.7. The first-order valence-corrected chi connectivity index (χ1v) is 9.40. The number of anilines is 1. The molecule has 0 saturated heterocycles. The van der Waals surface area contributed by atoms with Crippen molar-refractivity contribution in [3.8, 4) is 11.4 Å². The minimum absolute atomic E-state index is 0.0638. The first-order valence-electron chi connectivity index (χ1n) is 9.40. The number of nitrogens with one attached hydrogen (secondary N) is 1. The lowest BCUT2D eigenvalue weighted by molar-refractivity contribution is -0.384. The summed E-state index contributed by atoms with van der Waals surface area (Å²) < 4.78 is 0.